The van der Waals surface area contributed by atoms with Gasteiger partial charge in [0, 0.05) is 22.0 Å². The number of aliphatic hydroxyl groups excluding tert-OH is 1. The van der Waals surface area contributed by atoms with Gasteiger partial charge in [0.1, 0.15) is 12.4 Å². The lowest BCUT2D eigenvalue weighted by atomic mass is 10.0. The Bertz CT molecular complexity index is 1110. The van der Waals surface area contributed by atoms with Crippen molar-refractivity contribution in [3.05, 3.63) is 63.6 Å². The lowest BCUT2D eigenvalue weighted by Crippen LogP contribution is -2.46. The summed E-state index contributed by atoms with van der Waals surface area (Å²) in [7, 11) is -4.47. The number of carbonyl (C=O) groups is 1. The van der Waals surface area contributed by atoms with Crippen LogP contribution in [0.1, 0.15) is 108 Å². The van der Waals surface area contributed by atoms with Gasteiger partial charge in [0.2, 0.25) is 5.91 Å². The molecule has 0 aliphatic carbocycles. The second kappa shape index (κ2) is 21.2. The molecular weight excluding hydrogens is 608 g/mol. The molecule has 2 rings (SSSR count). The summed E-state index contributed by atoms with van der Waals surface area (Å²) in [4.78, 5) is 31.5. The number of carbonyl (C=O) groups excluding carboxylic acids is 1. The van der Waals surface area contributed by atoms with E-state index in [4.69, 9.17) is 27.9 Å². The van der Waals surface area contributed by atoms with Gasteiger partial charge in [-0.2, -0.15) is 0 Å². The summed E-state index contributed by atoms with van der Waals surface area (Å²) in [5.74, 6) is 0.381. The summed E-state index contributed by atoms with van der Waals surface area (Å²) in [6, 6.07) is 11.5. The molecule has 0 aliphatic rings. The van der Waals surface area contributed by atoms with Crippen LogP contribution < -0.4 is 10.1 Å². The Morgan fingerprint density at radius 2 is 1.42 bits per heavy atom. The van der Waals surface area contributed by atoms with Crippen molar-refractivity contribution in [2.75, 3.05) is 6.16 Å². The smallest absolute Gasteiger partial charge is 0.328 e. The van der Waals surface area contributed by atoms with Crippen LogP contribution in [0.5, 0.6) is 5.75 Å². The molecule has 43 heavy (non-hydrogen) atoms. The van der Waals surface area contributed by atoms with Gasteiger partial charge in [-0.05, 0) is 42.7 Å². The number of rotatable bonds is 23. The second-order valence-electron chi connectivity index (χ2n) is 11.5. The zero-order chi connectivity index (χ0) is 31.5. The summed E-state index contributed by atoms with van der Waals surface area (Å²) in [6.07, 6.45) is 14.2. The molecular formula is C33H50Cl2NO6P. The Morgan fingerprint density at radius 1 is 0.860 bits per heavy atom. The van der Waals surface area contributed by atoms with Crippen LogP contribution in [0.25, 0.3) is 0 Å². The highest BCUT2D eigenvalue weighted by Gasteiger charge is 2.28. The Morgan fingerprint density at radius 3 is 1.95 bits per heavy atom. The average molecular weight is 659 g/mol. The normalized spacial score (nSPS) is 13.1. The zero-order valence-electron chi connectivity index (χ0n) is 25.5. The topological polar surface area (TPSA) is 116 Å². The Balaban J connectivity index is 1.75. The number of hydrogen-bond donors (Lipinski definition) is 4. The Hall–Kier alpha value is -1.60. The van der Waals surface area contributed by atoms with Crippen molar-refractivity contribution in [3.8, 4) is 5.75 Å². The van der Waals surface area contributed by atoms with Gasteiger partial charge in [-0.25, -0.2) is 0 Å². The third kappa shape index (κ3) is 17.5. The van der Waals surface area contributed by atoms with Gasteiger partial charge in [0.25, 0.3) is 0 Å². The quantitative estimate of drug-likeness (QED) is 0.0702. The second-order valence-corrected chi connectivity index (χ2v) is 14.0. The van der Waals surface area contributed by atoms with Gasteiger partial charge in [-0.3, -0.25) is 9.36 Å². The van der Waals surface area contributed by atoms with Crippen molar-refractivity contribution in [1.29, 1.82) is 0 Å². The molecule has 2 atom stereocenters. The Labute approximate surface area is 267 Å². The molecule has 0 radical (unpaired) electrons. The van der Waals surface area contributed by atoms with Gasteiger partial charge in [0.15, 0.2) is 0 Å². The first-order valence-electron chi connectivity index (χ1n) is 15.7. The van der Waals surface area contributed by atoms with E-state index in [1.807, 2.05) is 0 Å². The molecule has 2 aromatic carbocycles. The molecule has 4 N–H and O–H groups in total. The minimum atomic E-state index is -4.47. The van der Waals surface area contributed by atoms with Crippen molar-refractivity contribution >= 4 is 36.7 Å². The van der Waals surface area contributed by atoms with Crippen molar-refractivity contribution in [1.82, 2.24) is 5.32 Å². The number of aliphatic hydroxyl groups is 1. The maximum atomic E-state index is 12.7. The lowest BCUT2D eigenvalue weighted by Gasteiger charge is -2.25. The fourth-order valence-corrected chi connectivity index (χ4v) is 6.22. The number of hydrogen-bond acceptors (Lipinski definition) is 4. The fourth-order valence-electron chi connectivity index (χ4n) is 5.01. The lowest BCUT2D eigenvalue weighted by molar-refractivity contribution is -0.122. The van der Waals surface area contributed by atoms with Gasteiger partial charge in [0.05, 0.1) is 18.3 Å². The molecule has 7 nitrogen and oxygen atoms in total. The number of nitrogens with one attached hydrogen (secondary N) is 1. The van der Waals surface area contributed by atoms with E-state index in [1.165, 1.54) is 64.2 Å². The number of halogens is 2. The third-order valence-corrected chi connectivity index (χ3v) is 8.97. The van der Waals surface area contributed by atoms with Crippen molar-refractivity contribution in [2.24, 2.45) is 0 Å². The van der Waals surface area contributed by atoms with Gasteiger partial charge in [-0.1, -0.05) is 125 Å². The molecule has 0 fully saturated rings. The SMILES string of the molecule is CCCCCCCCCCCCCCCC(=O)N[C@@H](Cc1ccc(OCc2ccc(Cl)cc2Cl)cc1)[C@H](O)CP(=O)(O)O. The first-order valence-corrected chi connectivity index (χ1v) is 18.3. The van der Waals surface area contributed by atoms with E-state index in [9.17, 15) is 24.3 Å². The number of unbranched alkanes of at least 4 members (excludes halogenated alkanes) is 12. The predicted molar refractivity (Wildman–Crippen MR) is 176 cm³/mol. The van der Waals surface area contributed by atoms with Crippen molar-refractivity contribution in [3.63, 3.8) is 0 Å². The molecule has 0 heterocycles. The van der Waals surface area contributed by atoms with Crippen LogP contribution in [-0.4, -0.2) is 39.1 Å². The largest absolute Gasteiger partial charge is 0.489 e. The van der Waals surface area contributed by atoms with E-state index in [-0.39, 0.29) is 18.9 Å². The molecule has 0 saturated heterocycles. The standard InChI is InChI=1S/C33H50Cl2NO6P/c1-2-3-4-5-6-7-8-9-10-11-12-13-14-15-33(38)36-31(32(37)25-43(39,40)41)22-26-16-20-29(21-17-26)42-24-27-18-19-28(34)23-30(27)35/h16-21,23,31-32,37H,2-15,22,24-25H2,1H3,(H,36,38)(H2,39,40,41)/t31-,32+/m0/s1. The maximum absolute atomic E-state index is 12.7. The third-order valence-electron chi connectivity index (χ3n) is 7.53. The monoisotopic (exact) mass is 657 g/mol. The molecule has 10 heteroatoms. The van der Waals surface area contributed by atoms with Gasteiger partial charge >= 0.3 is 7.60 Å². The van der Waals surface area contributed by atoms with Crippen LogP contribution in [0, 0.1) is 0 Å². The summed E-state index contributed by atoms with van der Waals surface area (Å²) in [6.45, 7) is 2.50. The zero-order valence-corrected chi connectivity index (χ0v) is 27.9. The fraction of sp³-hybridized carbons (Fsp3) is 0.606. The van der Waals surface area contributed by atoms with Gasteiger partial charge in [-0.15, -0.1) is 0 Å². The van der Waals surface area contributed by atoms with E-state index in [1.54, 1.807) is 42.5 Å². The molecule has 0 spiro atoms. The summed E-state index contributed by atoms with van der Waals surface area (Å²) in [5, 5.41) is 14.5. The van der Waals surface area contributed by atoms with Crippen LogP contribution in [0.3, 0.4) is 0 Å². The van der Waals surface area contributed by atoms with Crippen LogP contribution in [0.4, 0.5) is 0 Å². The molecule has 2 aromatic rings. The number of amides is 1. The minimum absolute atomic E-state index is 0.217. The summed E-state index contributed by atoms with van der Waals surface area (Å²) in [5.41, 5.74) is 1.58. The molecule has 0 saturated carbocycles. The first-order chi connectivity index (χ1) is 20.6. The van der Waals surface area contributed by atoms with Crippen LogP contribution in [-0.2, 0) is 22.4 Å². The van der Waals surface area contributed by atoms with E-state index < -0.39 is 25.9 Å². The van der Waals surface area contributed by atoms with E-state index in [0.717, 1.165) is 30.4 Å². The van der Waals surface area contributed by atoms with Crippen LogP contribution in [0.2, 0.25) is 10.0 Å². The molecule has 0 bridgehead atoms. The summed E-state index contributed by atoms with van der Waals surface area (Å²) >= 11 is 12.2. The number of ether oxygens (including phenoxy) is 1. The van der Waals surface area contributed by atoms with Gasteiger partial charge < -0.3 is 24.9 Å². The van der Waals surface area contributed by atoms with Crippen molar-refractivity contribution < 1.29 is 29.0 Å². The maximum Gasteiger partial charge on any atom is 0.328 e. The average Bonchev–Trinajstić information content (AvgIpc) is 2.94. The van der Waals surface area contributed by atoms with E-state index >= 15 is 0 Å². The molecule has 0 unspecified atom stereocenters. The Kier molecular flexibility index (Phi) is 18.5. The van der Waals surface area contributed by atoms with Crippen LogP contribution in [0.15, 0.2) is 42.5 Å². The van der Waals surface area contributed by atoms with E-state index in [0.29, 0.717) is 22.2 Å². The molecule has 0 aliphatic heterocycles. The molecule has 0 aromatic heterocycles. The molecule has 242 valence electrons. The molecule has 1 amide bonds. The van der Waals surface area contributed by atoms with Crippen LogP contribution >= 0.6 is 30.8 Å². The first kappa shape index (κ1) is 37.6. The highest BCUT2D eigenvalue weighted by Crippen LogP contribution is 2.36. The minimum Gasteiger partial charge on any atom is -0.489 e. The number of benzene rings is 2. The highest BCUT2D eigenvalue weighted by atomic mass is 35.5. The summed E-state index contributed by atoms with van der Waals surface area (Å²) < 4.78 is 17.4. The highest BCUT2D eigenvalue weighted by molar-refractivity contribution is 7.51. The van der Waals surface area contributed by atoms with E-state index in [2.05, 4.69) is 12.2 Å². The van der Waals surface area contributed by atoms with Crippen molar-refractivity contribution in [2.45, 2.75) is 122 Å². The predicted octanol–water partition coefficient (Wildman–Crippen LogP) is 8.62.